The molecule has 0 aliphatic heterocycles. The van der Waals surface area contributed by atoms with Gasteiger partial charge in [-0.15, -0.1) is 0 Å². The van der Waals surface area contributed by atoms with Crippen LogP contribution in [0, 0.1) is 3.57 Å². The van der Waals surface area contributed by atoms with Gasteiger partial charge in [0.05, 0.1) is 11.3 Å². The van der Waals surface area contributed by atoms with Crippen LogP contribution >= 0.6 is 38.5 Å². The number of amides is 1. The van der Waals surface area contributed by atoms with E-state index in [0.29, 0.717) is 15.8 Å². The summed E-state index contributed by atoms with van der Waals surface area (Å²) in [6.45, 7) is 0. The van der Waals surface area contributed by atoms with E-state index in [1.165, 1.54) is 6.07 Å². The number of rotatable bonds is 2. The largest absolute Gasteiger partial charge is 0.507 e. The lowest BCUT2D eigenvalue weighted by Gasteiger charge is -2.09. The SMILES string of the molecule is Nc1ccc(NC(=O)c2cc(I)ccc2O)c(Br)c1. The van der Waals surface area contributed by atoms with Crippen molar-refractivity contribution < 1.29 is 9.90 Å². The minimum Gasteiger partial charge on any atom is -0.507 e. The molecule has 0 unspecified atom stereocenters. The van der Waals surface area contributed by atoms with Crippen molar-refractivity contribution in [1.82, 2.24) is 0 Å². The average molecular weight is 433 g/mol. The zero-order valence-corrected chi connectivity index (χ0v) is 13.4. The topological polar surface area (TPSA) is 75.3 Å². The van der Waals surface area contributed by atoms with Gasteiger partial charge in [-0.1, -0.05) is 0 Å². The number of benzene rings is 2. The molecule has 6 heteroatoms. The number of halogens is 2. The molecule has 98 valence electrons. The Labute approximate surface area is 132 Å². The zero-order chi connectivity index (χ0) is 14.0. The molecule has 4 nitrogen and oxygen atoms in total. The molecule has 0 aromatic heterocycles. The van der Waals surface area contributed by atoms with Crippen LogP contribution in [0.15, 0.2) is 40.9 Å². The summed E-state index contributed by atoms with van der Waals surface area (Å²) in [6.07, 6.45) is 0. The highest BCUT2D eigenvalue weighted by Gasteiger charge is 2.13. The van der Waals surface area contributed by atoms with Crippen LogP contribution in [-0.2, 0) is 0 Å². The van der Waals surface area contributed by atoms with E-state index in [1.807, 2.05) is 0 Å². The van der Waals surface area contributed by atoms with E-state index >= 15 is 0 Å². The molecule has 0 atom stereocenters. The summed E-state index contributed by atoms with van der Waals surface area (Å²) in [4.78, 5) is 12.1. The molecule has 0 saturated carbocycles. The van der Waals surface area contributed by atoms with Gasteiger partial charge in [0.1, 0.15) is 5.75 Å². The van der Waals surface area contributed by atoms with Gasteiger partial charge in [-0.3, -0.25) is 4.79 Å². The highest BCUT2D eigenvalue weighted by molar-refractivity contribution is 14.1. The third kappa shape index (κ3) is 3.38. The number of phenolic OH excluding ortho intramolecular Hbond substituents is 1. The van der Waals surface area contributed by atoms with Crippen LogP contribution in [-0.4, -0.2) is 11.0 Å². The molecule has 0 radical (unpaired) electrons. The fourth-order valence-corrected chi connectivity index (χ4v) is 2.50. The summed E-state index contributed by atoms with van der Waals surface area (Å²) < 4.78 is 1.56. The summed E-state index contributed by atoms with van der Waals surface area (Å²) in [5.74, 6) is -0.425. The number of carbonyl (C=O) groups excluding carboxylic acids is 1. The molecule has 1 amide bonds. The Morgan fingerprint density at radius 1 is 1.26 bits per heavy atom. The molecule has 19 heavy (non-hydrogen) atoms. The zero-order valence-electron chi connectivity index (χ0n) is 9.65. The Balaban J connectivity index is 2.28. The molecular formula is C13H10BrIN2O2. The van der Waals surface area contributed by atoms with Crippen molar-refractivity contribution in [2.45, 2.75) is 0 Å². The lowest BCUT2D eigenvalue weighted by Crippen LogP contribution is -2.12. The number of carbonyl (C=O) groups is 1. The Morgan fingerprint density at radius 2 is 2.00 bits per heavy atom. The summed E-state index contributed by atoms with van der Waals surface area (Å²) >= 11 is 5.40. The maximum atomic E-state index is 12.1. The second kappa shape index (κ2) is 5.79. The summed E-state index contributed by atoms with van der Waals surface area (Å²) in [6, 6.07) is 9.93. The number of aromatic hydroxyl groups is 1. The minimum atomic E-state index is -0.374. The van der Waals surface area contributed by atoms with Crippen molar-refractivity contribution in [2.24, 2.45) is 0 Å². The van der Waals surface area contributed by atoms with Gasteiger partial charge in [0.2, 0.25) is 0 Å². The van der Waals surface area contributed by atoms with E-state index in [4.69, 9.17) is 5.73 Å². The van der Waals surface area contributed by atoms with Crippen LogP contribution in [0.25, 0.3) is 0 Å². The number of hydrogen-bond acceptors (Lipinski definition) is 3. The fourth-order valence-electron chi connectivity index (χ4n) is 1.51. The highest BCUT2D eigenvalue weighted by Crippen LogP contribution is 2.26. The summed E-state index contributed by atoms with van der Waals surface area (Å²) in [7, 11) is 0. The first-order valence-corrected chi connectivity index (χ1v) is 7.19. The van der Waals surface area contributed by atoms with Gasteiger partial charge in [0.25, 0.3) is 5.91 Å². The predicted molar refractivity (Wildman–Crippen MR) is 87.3 cm³/mol. The Morgan fingerprint density at radius 3 is 2.68 bits per heavy atom. The number of nitrogens with one attached hydrogen (secondary N) is 1. The highest BCUT2D eigenvalue weighted by atomic mass is 127. The summed E-state index contributed by atoms with van der Waals surface area (Å²) in [5, 5.41) is 12.4. The van der Waals surface area contributed by atoms with Crippen molar-refractivity contribution in [1.29, 1.82) is 0 Å². The third-order valence-corrected chi connectivity index (χ3v) is 3.77. The molecular weight excluding hydrogens is 423 g/mol. The van der Waals surface area contributed by atoms with E-state index in [0.717, 1.165) is 3.57 Å². The summed E-state index contributed by atoms with van der Waals surface area (Å²) in [5.41, 5.74) is 7.06. The number of phenols is 1. The van der Waals surface area contributed by atoms with Crippen LogP contribution in [0.2, 0.25) is 0 Å². The van der Waals surface area contributed by atoms with Gasteiger partial charge in [0.15, 0.2) is 0 Å². The molecule has 0 heterocycles. The number of nitrogens with two attached hydrogens (primary N) is 1. The van der Waals surface area contributed by atoms with E-state index in [9.17, 15) is 9.90 Å². The van der Waals surface area contributed by atoms with Crippen LogP contribution in [0.4, 0.5) is 11.4 Å². The molecule has 2 aromatic rings. The molecule has 2 aromatic carbocycles. The Hall–Kier alpha value is -1.28. The first-order valence-electron chi connectivity index (χ1n) is 5.32. The quantitative estimate of drug-likeness (QED) is 0.501. The molecule has 0 fully saturated rings. The second-order valence-electron chi connectivity index (χ2n) is 3.85. The van der Waals surface area contributed by atoms with Gasteiger partial charge >= 0.3 is 0 Å². The van der Waals surface area contributed by atoms with Crippen molar-refractivity contribution in [3.63, 3.8) is 0 Å². The van der Waals surface area contributed by atoms with Gasteiger partial charge in [0, 0.05) is 13.7 Å². The van der Waals surface area contributed by atoms with Crippen molar-refractivity contribution in [3.05, 3.63) is 50.0 Å². The first kappa shape index (κ1) is 14.1. The molecule has 0 saturated heterocycles. The number of anilines is 2. The van der Waals surface area contributed by atoms with E-state index in [1.54, 1.807) is 30.3 Å². The van der Waals surface area contributed by atoms with Crippen LogP contribution in [0.3, 0.4) is 0 Å². The smallest absolute Gasteiger partial charge is 0.259 e. The van der Waals surface area contributed by atoms with Crippen LogP contribution in [0.1, 0.15) is 10.4 Å². The van der Waals surface area contributed by atoms with E-state index in [2.05, 4.69) is 43.8 Å². The normalized spacial score (nSPS) is 10.2. The van der Waals surface area contributed by atoms with Crippen molar-refractivity contribution >= 4 is 55.8 Å². The van der Waals surface area contributed by atoms with Gasteiger partial charge < -0.3 is 16.2 Å². The average Bonchev–Trinajstić information content (AvgIpc) is 2.35. The van der Waals surface area contributed by atoms with Crippen LogP contribution in [0.5, 0.6) is 5.75 Å². The predicted octanol–water partition coefficient (Wildman–Crippen LogP) is 3.59. The van der Waals surface area contributed by atoms with Gasteiger partial charge in [-0.25, -0.2) is 0 Å². The van der Waals surface area contributed by atoms with Gasteiger partial charge in [-0.05, 0) is 74.9 Å². The van der Waals surface area contributed by atoms with Crippen molar-refractivity contribution in [2.75, 3.05) is 11.1 Å². The third-order valence-electron chi connectivity index (χ3n) is 2.44. The second-order valence-corrected chi connectivity index (χ2v) is 5.95. The maximum absolute atomic E-state index is 12.1. The number of hydrogen-bond donors (Lipinski definition) is 3. The Kier molecular flexibility index (Phi) is 4.31. The molecule has 0 bridgehead atoms. The first-order chi connectivity index (χ1) is 8.97. The molecule has 2 rings (SSSR count). The van der Waals surface area contributed by atoms with E-state index in [-0.39, 0.29) is 17.2 Å². The molecule has 0 aliphatic rings. The lowest BCUT2D eigenvalue weighted by molar-refractivity contribution is 0.102. The lowest BCUT2D eigenvalue weighted by atomic mass is 10.2. The monoisotopic (exact) mass is 432 g/mol. The maximum Gasteiger partial charge on any atom is 0.259 e. The standard InChI is InChI=1S/C13H10BrIN2O2/c14-10-6-8(16)2-3-11(10)17-13(19)9-5-7(15)1-4-12(9)18/h1-6,18H,16H2,(H,17,19). The van der Waals surface area contributed by atoms with Crippen molar-refractivity contribution in [3.8, 4) is 5.75 Å². The minimum absolute atomic E-state index is 0.0514. The molecule has 4 N–H and O–H groups in total. The van der Waals surface area contributed by atoms with Gasteiger partial charge in [-0.2, -0.15) is 0 Å². The molecule has 0 spiro atoms. The van der Waals surface area contributed by atoms with Crippen LogP contribution < -0.4 is 11.1 Å². The molecule has 0 aliphatic carbocycles. The Bertz CT molecular complexity index is 647. The number of nitrogen functional groups attached to an aromatic ring is 1. The van der Waals surface area contributed by atoms with E-state index < -0.39 is 0 Å². The fraction of sp³-hybridized carbons (Fsp3) is 0.